The van der Waals surface area contributed by atoms with Gasteiger partial charge in [-0.3, -0.25) is 4.90 Å². The first-order valence-corrected chi connectivity index (χ1v) is 13.4. The molecule has 1 heterocycles. The minimum absolute atomic E-state index is 0. The predicted octanol–water partition coefficient (Wildman–Crippen LogP) is 6.22. The van der Waals surface area contributed by atoms with E-state index < -0.39 is 53.0 Å². The maximum Gasteiger partial charge on any atom is 0.416 e. The van der Waals surface area contributed by atoms with E-state index in [2.05, 4.69) is 5.32 Å². The van der Waals surface area contributed by atoms with Gasteiger partial charge >= 0.3 is 24.4 Å². The van der Waals surface area contributed by atoms with Crippen molar-refractivity contribution in [1.29, 1.82) is 0 Å². The third kappa shape index (κ3) is 8.02. The molecule has 1 aliphatic carbocycles. The first-order chi connectivity index (χ1) is 19.5. The molecule has 0 spiro atoms. The molecule has 15 heteroatoms. The third-order valence-electron chi connectivity index (χ3n) is 8.02. The van der Waals surface area contributed by atoms with E-state index in [0.29, 0.717) is 35.4 Å². The van der Waals surface area contributed by atoms with Gasteiger partial charge in [0.05, 0.1) is 17.2 Å². The summed E-state index contributed by atoms with van der Waals surface area (Å²) in [5, 5.41) is 2.98. The summed E-state index contributed by atoms with van der Waals surface area (Å²) < 4.78 is 94.2. The highest BCUT2D eigenvalue weighted by Crippen LogP contribution is 2.39. The van der Waals surface area contributed by atoms with E-state index >= 15 is 0 Å². The van der Waals surface area contributed by atoms with Crippen LogP contribution in [0, 0.1) is 5.82 Å². The molecule has 0 aromatic heterocycles. The number of nitrogens with one attached hydrogen (secondary N) is 1. The summed E-state index contributed by atoms with van der Waals surface area (Å²) in [6.07, 6.45) is -7.20. The average molecular weight is 640 g/mol. The Bertz CT molecular complexity index is 1250. The van der Waals surface area contributed by atoms with Crippen LogP contribution in [0.4, 0.5) is 46.0 Å². The van der Waals surface area contributed by atoms with Crippen LogP contribution >= 0.6 is 12.4 Å². The number of nitrogens with two attached hydrogens (primary N) is 1. The van der Waals surface area contributed by atoms with Crippen molar-refractivity contribution in [3.8, 4) is 0 Å². The number of benzene rings is 2. The van der Waals surface area contributed by atoms with Crippen LogP contribution in [-0.2, 0) is 12.4 Å². The largest absolute Gasteiger partial charge is 0.416 e. The maximum absolute atomic E-state index is 13.7. The van der Waals surface area contributed by atoms with Crippen LogP contribution in [0.5, 0.6) is 0 Å². The summed E-state index contributed by atoms with van der Waals surface area (Å²) >= 11 is 0. The van der Waals surface area contributed by atoms with Crippen molar-refractivity contribution < 1.29 is 40.3 Å². The van der Waals surface area contributed by atoms with E-state index in [1.807, 2.05) is 0 Å². The molecule has 1 saturated heterocycles. The van der Waals surface area contributed by atoms with Crippen molar-refractivity contribution in [3.05, 3.63) is 65.0 Å². The molecular formula is C28H33ClF7N5O2. The standard InChI is InChI=1S/C28H32F7N5O2.ClH/c1-38(22-12-17(27(30,31)32)11-18(13-22)28(33,34)35)26(42)39(2)24-15-40(14-23(24)16-3-5-19(29)6-4-16)25(41)37-21-9-7-20(36)8-10-21;/h3-6,11-13,20-21,23-24H,7-10,14-15,36H2,1-2H3,(H,37,41);1H/t20-,21-,23-,24+;/m0./s1. The lowest BCUT2D eigenvalue weighted by Gasteiger charge is -2.33. The second kappa shape index (κ2) is 13.2. The molecule has 0 radical (unpaired) electrons. The lowest BCUT2D eigenvalue weighted by atomic mass is 9.92. The molecule has 2 aromatic carbocycles. The number of hydrogen-bond donors (Lipinski definition) is 2. The summed E-state index contributed by atoms with van der Waals surface area (Å²) in [6, 6.07) is 4.47. The highest BCUT2D eigenvalue weighted by atomic mass is 35.5. The van der Waals surface area contributed by atoms with Gasteiger partial charge in [-0.1, -0.05) is 12.1 Å². The number of hydrogen-bond acceptors (Lipinski definition) is 3. The van der Waals surface area contributed by atoms with Crippen molar-refractivity contribution in [2.45, 2.75) is 62.1 Å². The van der Waals surface area contributed by atoms with Crippen LogP contribution in [-0.4, -0.2) is 67.2 Å². The van der Waals surface area contributed by atoms with Crippen LogP contribution in [0.2, 0.25) is 0 Å². The van der Waals surface area contributed by atoms with Gasteiger partial charge in [0.2, 0.25) is 0 Å². The van der Waals surface area contributed by atoms with Crippen LogP contribution in [0.3, 0.4) is 0 Å². The number of alkyl halides is 6. The van der Waals surface area contributed by atoms with Gasteiger partial charge in [0.15, 0.2) is 0 Å². The van der Waals surface area contributed by atoms with E-state index in [1.54, 1.807) is 0 Å². The second-order valence-corrected chi connectivity index (χ2v) is 10.9. The number of rotatable bonds is 4. The van der Waals surface area contributed by atoms with Crippen molar-refractivity contribution in [2.24, 2.45) is 5.73 Å². The van der Waals surface area contributed by atoms with Crippen molar-refractivity contribution in [3.63, 3.8) is 0 Å². The summed E-state index contributed by atoms with van der Waals surface area (Å²) in [5.41, 5.74) is 2.86. The number of halogens is 8. The number of anilines is 1. The van der Waals surface area contributed by atoms with Crippen molar-refractivity contribution in [1.82, 2.24) is 15.1 Å². The predicted molar refractivity (Wildman–Crippen MR) is 149 cm³/mol. The van der Waals surface area contributed by atoms with E-state index in [4.69, 9.17) is 5.73 Å². The monoisotopic (exact) mass is 639 g/mol. The second-order valence-electron chi connectivity index (χ2n) is 10.9. The molecule has 2 aliphatic rings. The molecule has 7 nitrogen and oxygen atoms in total. The molecule has 43 heavy (non-hydrogen) atoms. The first-order valence-electron chi connectivity index (χ1n) is 13.4. The fourth-order valence-corrected chi connectivity index (χ4v) is 5.53. The Morgan fingerprint density at radius 2 is 1.42 bits per heavy atom. The number of amides is 4. The van der Waals surface area contributed by atoms with Gasteiger partial charge in [-0.2, -0.15) is 26.3 Å². The molecule has 1 aliphatic heterocycles. The highest BCUT2D eigenvalue weighted by Gasteiger charge is 2.42. The van der Waals surface area contributed by atoms with Gasteiger partial charge < -0.3 is 20.9 Å². The molecule has 2 fully saturated rings. The lowest BCUT2D eigenvalue weighted by Crippen LogP contribution is -2.49. The zero-order valence-electron chi connectivity index (χ0n) is 23.4. The summed E-state index contributed by atoms with van der Waals surface area (Å²) in [4.78, 5) is 30.1. The number of nitrogens with zero attached hydrogens (tertiary/aromatic N) is 3. The van der Waals surface area contributed by atoms with Gasteiger partial charge in [-0.15, -0.1) is 12.4 Å². The summed E-state index contributed by atoms with van der Waals surface area (Å²) in [7, 11) is 2.44. The van der Waals surface area contributed by atoms with Gasteiger partial charge in [0.1, 0.15) is 5.82 Å². The Kier molecular flexibility index (Phi) is 10.5. The molecular weight excluding hydrogens is 607 g/mol. The van der Waals surface area contributed by atoms with Crippen LogP contribution in [0.25, 0.3) is 0 Å². The first kappa shape index (κ1) is 34.2. The SMILES string of the molecule is CN(C(=O)N(C)[C@@H]1CN(C(=O)N[C@H]2CC[C@H](N)CC2)C[C@H]1c1ccc(F)cc1)c1cc(C(F)(F)F)cc(C(F)(F)F)c1.Cl. The van der Waals surface area contributed by atoms with Crippen molar-refractivity contribution in [2.75, 3.05) is 32.1 Å². The Hall–Kier alpha value is -3.26. The smallest absolute Gasteiger partial charge is 0.335 e. The maximum atomic E-state index is 13.7. The minimum atomic E-state index is -5.08. The number of likely N-dealkylation sites (N-methyl/N-ethyl adjacent to an activating group) is 1. The molecule has 238 valence electrons. The van der Waals surface area contributed by atoms with Crippen LogP contribution in [0.15, 0.2) is 42.5 Å². The number of carbonyl (C=O) groups is 2. The zero-order valence-corrected chi connectivity index (χ0v) is 24.2. The molecule has 4 amide bonds. The molecule has 4 rings (SSSR count). The number of urea groups is 2. The molecule has 0 bridgehead atoms. The fourth-order valence-electron chi connectivity index (χ4n) is 5.53. The Morgan fingerprint density at radius 1 is 0.884 bits per heavy atom. The lowest BCUT2D eigenvalue weighted by molar-refractivity contribution is -0.143. The van der Waals surface area contributed by atoms with Gasteiger partial charge in [-0.05, 0) is 61.6 Å². The van der Waals surface area contributed by atoms with Crippen LogP contribution in [0.1, 0.15) is 48.3 Å². The van der Waals surface area contributed by atoms with E-state index in [9.17, 15) is 40.3 Å². The Morgan fingerprint density at radius 3 is 1.93 bits per heavy atom. The van der Waals surface area contributed by atoms with Gasteiger partial charge in [0.25, 0.3) is 0 Å². The Labute approximate surface area is 250 Å². The van der Waals surface area contributed by atoms with E-state index in [0.717, 1.165) is 19.9 Å². The molecule has 1 saturated carbocycles. The molecule has 2 aromatic rings. The average Bonchev–Trinajstić information content (AvgIpc) is 3.38. The number of carbonyl (C=O) groups excluding carboxylic acids is 2. The number of likely N-dealkylation sites (tertiary alicyclic amines) is 1. The third-order valence-corrected chi connectivity index (χ3v) is 8.02. The van der Waals surface area contributed by atoms with E-state index in [-0.39, 0.29) is 49.7 Å². The van der Waals surface area contributed by atoms with E-state index in [1.165, 1.54) is 41.1 Å². The van der Waals surface area contributed by atoms with Gasteiger partial charge in [0, 0.05) is 50.9 Å². The Balaban J connectivity index is 0.00000506. The summed E-state index contributed by atoms with van der Waals surface area (Å²) in [5.74, 6) is -1.00. The zero-order chi connectivity index (χ0) is 31.0. The van der Waals surface area contributed by atoms with Crippen LogP contribution < -0.4 is 16.0 Å². The molecule has 2 atom stereocenters. The fraction of sp³-hybridized carbons (Fsp3) is 0.500. The van der Waals surface area contributed by atoms with Gasteiger partial charge in [-0.25, -0.2) is 14.0 Å². The normalized spacial score (nSPS) is 22.5. The highest BCUT2D eigenvalue weighted by molar-refractivity contribution is 5.92. The quantitative estimate of drug-likeness (QED) is 0.390. The topological polar surface area (TPSA) is 81.9 Å². The summed E-state index contributed by atoms with van der Waals surface area (Å²) in [6.45, 7) is 0.185. The molecule has 3 N–H and O–H groups in total. The molecule has 0 unspecified atom stereocenters. The minimum Gasteiger partial charge on any atom is -0.335 e. The van der Waals surface area contributed by atoms with Crippen molar-refractivity contribution >= 4 is 30.2 Å².